The van der Waals surface area contributed by atoms with Crippen molar-refractivity contribution in [1.82, 2.24) is 0 Å². The fourth-order valence-corrected chi connectivity index (χ4v) is 3.56. The van der Waals surface area contributed by atoms with E-state index in [9.17, 15) is 9.59 Å². The smallest absolute Gasteiger partial charge is 0.262 e. The molecular formula is C23H20BrClN2O3. The van der Waals surface area contributed by atoms with Gasteiger partial charge in [0.05, 0.1) is 5.02 Å². The molecule has 5 nitrogen and oxygen atoms in total. The van der Waals surface area contributed by atoms with Crippen molar-refractivity contribution in [1.29, 1.82) is 0 Å². The number of benzene rings is 3. The maximum absolute atomic E-state index is 12.8. The van der Waals surface area contributed by atoms with E-state index < -0.39 is 0 Å². The van der Waals surface area contributed by atoms with E-state index in [0.717, 1.165) is 10.2 Å². The van der Waals surface area contributed by atoms with Gasteiger partial charge >= 0.3 is 0 Å². The van der Waals surface area contributed by atoms with Crippen LogP contribution < -0.4 is 15.0 Å². The largest absolute Gasteiger partial charge is 0.482 e. The third-order valence-corrected chi connectivity index (χ3v) is 5.09. The Balaban J connectivity index is 1.59. The minimum Gasteiger partial charge on any atom is -0.482 e. The molecule has 0 radical (unpaired) electrons. The van der Waals surface area contributed by atoms with Crippen molar-refractivity contribution >= 4 is 50.7 Å². The van der Waals surface area contributed by atoms with E-state index in [0.29, 0.717) is 28.6 Å². The van der Waals surface area contributed by atoms with Gasteiger partial charge < -0.3 is 15.0 Å². The van der Waals surface area contributed by atoms with E-state index in [4.69, 9.17) is 16.3 Å². The predicted octanol–water partition coefficient (Wildman–Crippen LogP) is 5.79. The standard InChI is InChI=1S/C23H20BrClN2O3/c1-2-27(19-6-4-3-5-7-19)23(29)16-8-11-18(12-9-16)26-22(28)15-30-21-13-10-17(24)14-20(21)25/h3-14H,2,15H2,1H3,(H,26,28). The Morgan fingerprint density at radius 3 is 2.37 bits per heavy atom. The van der Waals surface area contributed by atoms with Crippen molar-refractivity contribution < 1.29 is 14.3 Å². The summed E-state index contributed by atoms with van der Waals surface area (Å²) in [4.78, 5) is 26.7. The minimum atomic E-state index is -0.326. The maximum atomic E-state index is 12.8. The van der Waals surface area contributed by atoms with E-state index in [1.807, 2.05) is 37.3 Å². The zero-order valence-corrected chi connectivity index (χ0v) is 18.6. The summed E-state index contributed by atoms with van der Waals surface area (Å²) in [6, 6.07) is 21.4. The first-order valence-electron chi connectivity index (χ1n) is 9.32. The SMILES string of the molecule is CCN(C(=O)c1ccc(NC(=O)COc2ccc(Br)cc2Cl)cc1)c1ccccc1. The van der Waals surface area contributed by atoms with Crippen LogP contribution in [0.4, 0.5) is 11.4 Å². The summed E-state index contributed by atoms with van der Waals surface area (Å²) >= 11 is 9.40. The Morgan fingerprint density at radius 1 is 1.03 bits per heavy atom. The number of nitrogens with zero attached hydrogens (tertiary/aromatic N) is 1. The Kier molecular flexibility index (Phi) is 7.49. The first-order valence-corrected chi connectivity index (χ1v) is 10.5. The Hall–Kier alpha value is -2.83. The van der Waals surface area contributed by atoms with Crippen molar-refractivity contribution in [2.45, 2.75) is 6.92 Å². The number of carbonyl (C=O) groups is 2. The summed E-state index contributed by atoms with van der Waals surface area (Å²) in [5.74, 6) is -0.00106. The van der Waals surface area contributed by atoms with Gasteiger partial charge in [-0.05, 0) is 61.5 Å². The number of anilines is 2. The van der Waals surface area contributed by atoms with Crippen LogP contribution in [0, 0.1) is 0 Å². The average molecular weight is 488 g/mol. The minimum absolute atomic E-state index is 0.102. The Labute approximate surface area is 188 Å². The molecule has 0 bridgehead atoms. The van der Waals surface area contributed by atoms with E-state index in [-0.39, 0.29) is 18.4 Å². The summed E-state index contributed by atoms with van der Waals surface area (Å²) in [5.41, 5.74) is 1.95. The summed E-state index contributed by atoms with van der Waals surface area (Å²) in [6.45, 7) is 2.30. The number of carbonyl (C=O) groups excluding carboxylic acids is 2. The third-order valence-electron chi connectivity index (χ3n) is 4.30. The average Bonchev–Trinajstić information content (AvgIpc) is 2.75. The highest BCUT2D eigenvalue weighted by Gasteiger charge is 2.16. The molecule has 7 heteroatoms. The molecule has 3 aromatic carbocycles. The van der Waals surface area contributed by atoms with Crippen molar-refractivity contribution in [2.75, 3.05) is 23.4 Å². The van der Waals surface area contributed by atoms with E-state index in [1.54, 1.807) is 47.4 Å². The molecule has 30 heavy (non-hydrogen) atoms. The molecule has 154 valence electrons. The van der Waals surface area contributed by atoms with Crippen molar-refractivity contribution in [3.05, 3.63) is 87.9 Å². The second kappa shape index (κ2) is 10.3. The molecule has 0 unspecified atom stereocenters. The lowest BCUT2D eigenvalue weighted by Crippen LogP contribution is -2.30. The third kappa shape index (κ3) is 5.62. The lowest BCUT2D eigenvalue weighted by molar-refractivity contribution is -0.118. The monoisotopic (exact) mass is 486 g/mol. The van der Waals surface area contributed by atoms with Crippen molar-refractivity contribution in [3.8, 4) is 5.75 Å². The van der Waals surface area contributed by atoms with E-state index in [1.165, 1.54) is 0 Å². The number of amides is 2. The van der Waals surface area contributed by atoms with Crippen LogP contribution in [-0.2, 0) is 4.79 Å². The lowest BCUT2D eigenvalue weighted by atomic mass is 10.1. The molecule has 0 saturated heterocycles. The molecular weight excluding hydrogens is 468 g/mol. The number of hydrogen-bond donors (Lipinski definition) is 1. The van der Waals surface area contributed by atoms with Crippen LogP contribution in [0.2, 0.25) is 5.02 Å². The molecule has 0 saturated carbocycles. The number of nitrogens with one attached hydrogen (secondary N) is 1. The molecule has 0 atom stereocenters. The normalized spacial score (nSPS) is 10.4. The quantitative estimate of drug-likeness (QED) is 0.459. The molecule has 0 aliphatic carbocycles. The first-order chi connectivity index (χ1) is 14.5. The van der Waals surface area contributed by atoms with Gasteiger partial charge in [0, 0.05) is 28.0 Å². The lowest BCUT2D eigenvalue weighted by Gasteiger charge is -2.21. The van der Waals surface area contributed by atoms with Crippen LogP contribution in [0.15, 0.2) is 77.3 Å². The van der Waals surface area contributed by atoms with Crippen LogP contribution in [-0.4, -0.2) is 25.0 Å². The molecule has 0 aliphatic heterocycles. The summed E-state index contributed by atoms with van der Waals surface area (Å²) < 4.78 is 6.28. The molecule has 3 rings (SSSR count). The van der Waals surface area contributed by atoms with E-state index in [2.05, 4.69) is 21.2 Å². The highest BCUT2D eigenvalue weighted by Crippen LogP contribution is 2.27. The second-order valence-electron chi connectivity index (χ2n) is 6.37. The van der Waals surface area contributed by atoms with Crippen LogP contribution in [0.3, 0.4) is 0 Å². The predicted molar refractivity (Wildman–Crippen MR) is 124 cm³/mol. The Bertz CT molecular complexity index is 1030. The van der Waals surface area contributed by atoms with Gasteiger partial charge in [0.25, 0.3) is 11.8 Å². The van der Waals surface area contributed by atoms with Gasteiger partial charge in [0.1, 0.15) is 5.75 Å². The zero-order valence-electron chi connectivity index (χ0n) is 16.3. The van der Waals surface area contributed by atoms with Gasteiger partial charge in [-0.15, -0.1) is 0 Å². The molecule has 0 fully saturated rings. The van der Waals surface area contributed by atoms with Crippen LogP contribution in [0.25, 0.3) is 0 Å². The summed E-state index contributed by atoms with van der Waals surface area (Å²) in [5, 5.41) is 3.16. The maximum Gasteiger partial charge on any atom is 0.262 e. The van der Waals surface area contributed by atoms with Crippen LogP contribution >= 0.6 is 27.5 Å². The van der Waals surface area contributed by atoms with Gasteiger partial charge in [-0.25, -0.2) is 0 Å². The molecule has 0 heterocycles. The molecule has 0 aromatic heterocycles. The van der Waals surface area contributed by atoms with Crippen molar-refractivity contribution in [3.63, 3.8) is 0 Å². The topological polar surface area (TPSA) is 58.6 Å². The van der Waals surface area contributed by atoms with Crippen LogP contribution in [0.1, 0.15) is 17.3 Å². The summed E-state index contributed by atoms with van der Waals surface area (Å²) in [6.07, 6.45) is 0. The number of rotatable bonds is 7. The summed E-state index contributed by atoms with van der Waals surface area (Å²) in [7, 11) is 0. The number of para-hydroxylation sites is 1. The zero-order chi connectivity index (χ0) is 21.5. The van der Waals surface area contributed by atoms with Crippen molar-refractivity contribution in [2.24, 2.45) is 0 Å². The first kappa shape index (κ1) is 21.9. The van der Waals surface area contributed by atoms with Gasteiger partial charge in [-0.2, -0.15) is 0 Å². The number of ether oxygens (including phenoxy) is 1. The van der Waals surface area contributed by atoms with Gasteiger partial charge in [0.2, 0.25) is 0 Å². The molecule has 0 aliphatic rings. The highest BCUT2D eigenvalue weighted by molar-refractivity contribution is 9.10. The molecule has 2 amide bonds. The second-order valence-corrected chi connectivity index (χ2v) is 7.70. The number of halogens is 2. The Morgan fingerprint density at radius 2 is 1.73 bits per heavy atom. The van der Waals surface area contributed by atoms with Gasteiger partial charge in [-0.1, -0.05) is 45.7 Å². The van der Waals surface area contributed by atoms with Crippen LogP contribution in [0.5, 0.6) is 5.75 Å². The van der Waals surface area contributed by atoms with E-state index >= 15 is 0 Å². The van der Waals surface area contributed by atoms with Gasteiger partial charge in [-0.3, -0.25) is 9.59 Å². The fourth-order valence-electron chi connectivity index (χ4n) is 2.84. The molecule has 3 aromatic rings. The molecule has 1 N–H and O–H groups in total. The number of hydrogen-bond acceptors (Lipinski definition) is 3. The fraction of sp³-hybridized carbons (Fsp3) is 0.130. The van der Waals surface area contributed by atoms with Gasteiger partial charge in [0.15, 0.2) is 6.61 Å². The highest BCUT2D eigenvalue weighted by atomic mass is 79.9. The molecule has 0 spiro atoms.